The summed E-state index contributed by atoms with van der Waals surface area (Å²) in [6.45, 7) is 9.88. The minimum Gasteiger partial charge on any atom is -0.391 e. The Kier molecular flexibility index (Phi) is 6.16. The molecule has 10 atom stereocenters. The number of rotatable bonds is 2. The van der Waals surface area contributed by atoms with Gasteiger partial charge in [-0.25, -0.2) is 0 Å². The molecular formula is C29H50N2O2. The topological polar surface area (TPSA) is 46.9 Å². The Hall–Kier alpha value is -0.160. The molecule has 0 spiro atoms. The SMILES string of the molecule is C[C@]12C[C@H](N3CCCCC3)[C@H](O)C[C@@H]1CC[C@@H]1[C@@H]2CC[C@]2(C)[C@@H](O)[C@H](N3CCCCC3)C[C@@H]12. The molecule has 6 aliphatic rings. The number of aliphatic hydroxyl groups excluding tert-OH is 2. The Balaban J connectivity index is 1.24. The van der Waals surface area contributed by atoms with E-state index in [0.29, 0.717) is 29.3 Å². The monoisotopic (exact) mass is 458 g/mol. The first kappa shape index (κ1) is 23.3. The van der Waals surface area contributed by atoms with Crippen molar-refractivity contribution in [2.24, 2.45) is 34.5 Å². The molecule has 2 N–H and O–H groups in total. The van der Waals surface area contributed by atoms with Crippen LogP contribution in [0.1, 0.15) is 97.3 Å². The van der Waals surface area contributed by atoms with Gasteiger partial charge < -0.3 is 10.2 Å². The van der Waals surface area contributed by atoms with Crippen molar-refractivity contribution in [2.75, 3.05) is 26.2 Å². The molecule has 4 nitrogen and oxygen atoms in total. The highest BCUT2D eigenvalue weighted by molar-refractivity contribution is 5.14. The van der Waals surface area contributed by atoms with E-state index >= 15 is 0 Å². The Morgan fingerprint density at radius 1 is 0.667 bits per heavy atom. The number of aliphatic hydroxyl groups is 2. The van der Waals surface area contributed by atoms with E-state index in [-0.39, 0.29) is 17.6 Å². The van der Waals surface area contributed by atoms with Crippen LogP contribution in [0, 0.1) is 34.5 Å². The maximum Gasteiger partial charge on any atom is 0.0751 e. The van der Waals surface area contributed by atoms with Gasteiger partial charge in [0.2, 0.25) is 0 Å². The standard InChI is InChI=1S/C29H50N2O2/c1-28-12-11-22-21(23(28)18-24(27(28)33)30-13-5-3-6-14-30)10-9-20-17-26(32)25(19-29(20,22)2)31-15-7-4-8-16-31/h20-27,32-33H,3-19H2,1-2H3/t20-,21+,22-,23-,24+,25-,26+,27-,28-,29-/m0/s1. The maximum absolute atomic E-state index is 11.6. The lowest BCUT2D eigenvalue weighted by atomic mass is 9.44. The molecule has 188 valence electrons. The number of hydrogen-bond donors (Lipinski definition) is 2. The van der Waals surface area contributed by atoms with Crippen LogP contribution >= 0.6 is 0 Å². The van der Waals surface area contributed by atoms with Crippen molar-refractivity contribution < 1.29 is 10.2 Å². The van der Waals surface area contributed by atoms with E-state index in [1.54, 1.807) is 0 Å². The molecule has 4 saturated carbocycles. The average molecular weight is 459 g/mol. The summed E-state index contributed by atoms with van der Waals surface area (Å²) in [5, 5.41) is 22.8. The van der Waals surface area contributed by atoms with Crippen LogP contribution in [0.2, 0.25) is 0 Å². The van der Waals surface area contributed by atoms with Crippen molar-refractivity contribution in [3.63, 3.8) is 0 Å². The Morgan fingerprint density at radius 3 is 1.97 bits per heavy atom. The molecule has 0 aromatic carbocycles. The number of likely N-dealkylation sites (tertiary alicyclic amines) is 2. The molecule has 0 radical (unpaired) electrons. The lowest BCUT2D eigenvalue weighted by Crippen LogP contribution is -2.60. The van der Waals surface area contributed by atoms with Crippen LogP contribution in [0.5, 0.6) is 0 Å². The summed E-state index contributed by atoms with van der Waals surface area (Å²) in [5.74, 6) is 2.97. The van der Waals surface area contributed by atoms with Crippen LogP contribution in [-0.4, -0.2) is 70.5 Å². The zero-order chi connectivity index (χ0) is 22.8. The molecule has 0 aromatic heterocycles. The zero-order valence-corrected chi connectivity index (χ0v) is 21.4. The molecule has 6 fully saturated rings. The summed E-state index contributed by atoms with van der Waals surface area (Å²) in [7, 11) is 0. The van der Waals surface area contributed by atoms with E-state index in [1.165, 1.54) is 103 Å². The summed E-state index contributed by atoms with van der Waals surface area (Å²) >= 11 is 0. The first-order valence-electron chi connectivity index (χ1n) is 14.8. The third-order valence-corrected chi connectivity index (χ3v) is 12.4. The largest absolute Gasteiger partial charge is 0.391 e. The van der Waals surface area contributed by atoms with Gasteiger partial charge in [0, 0.05) is 12.1 Å². The second-order valence-corrected chi connectivity index (χ2v) is 13.7. The van der Waals surface area contributed by atoms with Crippen molar-refractivity contribution in [1.29, 1.82) is 0 Å². The minimum atomic E-state index is -0.138. The summed E-state index contributed by atoms with van der Waals surface area (Å²) < 4.78 is 0. The van der Waals surface area contributed by atoms with Crippen LogP contribution in [0.4, 0.5) is 0 Å². The second kappa shape index (κ2) is 8.75. The van der Waals surface area contributed by atoms with Crippen molar-refractivity contribution in [3.8, 4) is 0 Å². The number of nitrogens with zero attached hydrogens (tertiary/aromatic N) is 2. The predicted molar refractivity (Wildman–Crippen MR) is 133 cm³/mol. The van der Waals surface area contributed by atoms with Gasteiger partial charge in [-0.15, -0.1) is 0 Å². The molecule has 4 heteroatoms. The summed E-state index contributed by atoms with van der Waals surface area (Å²) in [6.07, 6.45) is 16.4. The molecule has 0 bridgehead atoms. The van der Waals surface area contributed by atoms with Gasteiger partial charge in [-0.1, -0.05) is 26.7 Å². The molecule has 0 unspecified atom stereocenters. The quantitative estimate of drug-likeness (QED) is 0.631. The molecule has 2 aliphatic heterocycles. The van der Waals surface area contributed by atoms with Gasteiger partial charge in [-0.3, -0.25) is 9.80 Å². The second-order valence-electron chi connectivity index (χ2n) is 13.7. The van der Waals surface area contributed by atoms with Crippen molar-refractivity contribution >= 4 is 0 Å². The highest BCUT2D eigenvalue weighted by atomic mass is 16.3. The highest BCUT2D eigenvalue weighted by Gasteiger charge is 2.63. The summed E-state index contributed by atoms with van der Waals surface area (Å²) in [5.41, 5.74) is 0.493. The fraction of sp³-hybridized carbons (Fsp3) is 1.00. The Morgan fingerprint density at radius 2 is 1.30 bits per heavy atom. The van der Waals surface area contributed by atoms with Crippen LogP contribution in [0.25, 0.3) is 0 Å². The van der Waals surface area contributed by atoms with Crippen molar-refractivity contribution in [2.45, 2.75) is 122 Å². The summed E-state index contributed by atoms with van der Waals surface area (Å²) in [4.78, 5) is 5.33. The van der Waals surface area contributed by atoms with Gasteiger partial charge in [0.15, 0.2) is 0 Å². The highest BCUT2D eigenvalue weighted by Crippen LogP contribution is 2.66. The van der Waals surface area contributed by atoms with E-state index in [4.69, 9.17) is 0 Å². The Labute approximate surface area is 202 Å². The van der Waals surface area contributed by atoms with Crippen LogP contribution in [-0.2, 0) is 0 Å². The smallest absolute Gasteiger partial charge is 0.0751 e. The van der Waals surface area contributed by atoms with E-state index in [1.807, 2.05) is 0 Å². The first-order valence-corrected chi connectivity index (χ1v) is 14.8. The van der Waals surface area contributed by atoms with Gasteiger partial charge in [0.1, 0.15) is 0 Å². The first-order chi connectivity index (χ1) is 15.9. The lowest BCUT2D eigenvalue weighted by molar-refractivity contribution is -0.154. The van der Waals surface area contributed by atoms with E-state index in [2.05, 4.69) is 23.6 Å². The molecule has 6 rings (SSSR count). The van der Waals surface area contributed by atoms with Crippen LogP contribution in [0.15, 0.2) is 0 Å². The molecular weight excluding hydrogens is 408 g/mol. The van der Waals surface area contributed by atoms with Crippen molar-refractivity contribution in [1.82, 2.24) is 9.80 Å². The zero-order valence-electron chi connectivity index (χ0n) is 21.4. The average Bonchev–Trinajstić information content (AvgIpc) is 3.11. The molecule has 2 heterocycles. The third-order valence-electron chi connectivity index (χ3n) is 12.4. The van der Waals surface area contributed by atoms with Gasteiger partial charge in [0.05, 0.1) is 12.2 Å². The fourth-order valence-electron chi connectivity index (χ4n) is 10.5. The van der Waals surface area contributed by atoms with Crippen LogP contribution in [0.3, 0.4) is 0 Å². The number of hydrogen-bond acceptors (Lipinski definition) is 4. The molecule has 33 heavy (non-hydrogen) atoms. The molecule has 2 saturated heterocycles. The van der Waals surface area contributed by atoms with Crippen LogP contribution < -0.4 is 0 Å². The number of fused-ring (bicyclic) bond motifs is 5. The minimum absolute atomic E-state index is 0.118. The molecule has 0 amide bonds. The normalized spacial score (nSPS) is 53.8. The Bertz CT molecular complexity index is 704. The summed E-state index contributed by atoms with van der Waals surface area (Å²) in [6, 6.07) is 0.785. The number of piperidine rings is 2. The lowest BCUT2D eigenvalue weighted by Gasteiger charge is -2.62. The third kappa shape index (κ3) is 3.67. The van der Waals surface area contributed by atoms with Gasteiger partial charge in [0.25, 0.3) is 0 Å². The maximum atomic E-state index is 11.6. The van der Waals surface area contributed by atoms with Gasteiger partial charge in [-0.2, -0.15) is 0 Å². The predicted octanol–water partition coefficient (Wildman–Crippen LogP) is 4.68. The molecule has 4 aliphatic carbocycles. The van der Waals surface area contributed by atoms with E-state index in [9.17, 15) is 10.2 Å². The fourth-order valence-corrected chi connectivity index (χ4v) is 10.5. The van der Waals surface area contributed by atoms with E-state index < -0.39 is 0 Å². The molecule has 0 aromatic rings. The van der Waals surface area contributed by atoms with Gasteiger partial charge >= 0.3 is 0 Å². The van der Waals surface area contributed by atoms with Crippen molar-refractivity contribution in [3.05, 3.63) is 0 Å². The van der Waals surface area contributed by atoms with E-state index in [0.717, 1.165) is 18.3 Å². The van der Waals surface area contributed by atoms with Gasteiger partial charge in [-0.05, 0) is 131 Å².